The van der Waals surface area contributed by atoms with E-state index in [2.05, 4.69) is 0 Å². The molecule has 0 aromatic heterocycles. The number of piperidine rings is 1. The maximum Gasteiger partial charge on any atom is 0.417 e. The van der Waals surface area contributed by atoms with Crippen LogP contribution in [0.5, 0.6) is 0 Å². The molecule has 1 aliphatic rings. The van der Waals surface area contributed by atoms with E-state index in [1.807, 2.05) is 0 Å². The van der Waals surface area contributed by atoms with Gasteiger partial charge in [-0.1, -0.05) is 18.2 Å². The van der Waals surface area contributed by atoms with E-state index in [0.717, 1.165) is 24.3 Å². The molecule has 1 heterocycles. The van der Waals surface area contributed by atoms with Crippen molar-refractivity contribution in [3.63, 3.8) is 0 Å². The minimum atomic E-state index is -4.67. The second kappa shape index (κ2) is 8.10. The van der Waals surface area contributed by atoms with E-state index in [9.17, 15) is 31.9 Å². The normalized spacial score (nSPS) is 20.0. The van der Waals surface area contributed by atoms with Gasteiger partial charge in [-0.05, 0) is 43.0 Å². The Hall–Kier alpha value is -2.48. The number of carbonyl (C=O) groups is 1. The molecule has 0 radical (unpaired) electrons. The lowest BCUT2D eigenvalue weighted by Gasteiger charge is -2.42. The van der Waals surface area contributed by atoms with Gasteiger partial charge in [0.1, 0.15) is 11.6 Å². The van der Waals surface area contributed by atoms with Gasteiger partial charge in [0.25, 0.3) is 5.91 Å². The van der Waals surface area contributed by atoms with Gasteiger partial charge < -0.3 is 10.0 Å². The Morgan fingerprint density at radius 3 is 2.52 bits per heavy atom. The van der Waals surface area contributed by atoms with Crippen LogP contribution in [0.25, 0.3) is 0 Å². The maximum absolute atomic E-state index is 14.1. The predicted molar refractivity (Wildman–Crippen MR) is 96.2 cm³/mol. The molecule has 1 aliphatic heterocycles. The number of rotatable bonds is 4. The van der Waals surface area contributed by atoms with Crippen LogP contribution in [0.15, 0.2) is 42.5 Å². The van der Waals surface area contributed by atoms with Gasteiger partial charge in [0.15, 0.2) is 0 Å². The molecule has 1 atom stereocenters. The number of likely N-dealkylation sites (tertiary alicyclic amines) is 1. The fourth-order valence-electron chi connectivity index (χ4n) is 3.87. The van der Waals surface area contributed by atoms with Crippen molar-refractivity contribution in [2.75, 3.05) is 19.7 Å². The molecule has 1 amide bonds. The van der Waals surface area contributed by atoms with Gasteiger partial charge in [-0.25, -0.2) is 8.78 Å². The molecule has 1 saturated heterocycles. The quantitative estimate of drug-likeness (QED) is 0.753. The first-order chi connectivity index (χ1) is 13.6. The molecule has 29 heavy (non-hydrogen) atoms. The Kier molecular flexibility index (Phi) is 5.93. The number of aliphatic hydroxyl groups is 1. The highest BCUT2D eigenvalue weighted by Crippen LogP contribution is 2.37. The standard InChI is InChI=1S/C21H20F5NO2/c22-15-7-6-14(18(23)10-15)11-20(13-28)8-3-9-27(12-20)19(29)16-4-1-2-5-17(16)21(24,25)26/h1-2,4-7,10,28H,3,8-9,11-13H2. The second-order valence-corrected chi connectivity index (χ2v) is 7.44. The minimum absolute atomic E-state index is 0.0225. The molecule has 0 spiro atoms. The Morgan fingerprint density at radius 2 is 1.86 bits per heavy atom. The molecule has 156 valence electrons. The molecule has 8 heteroatoms. The van der Waals surface area contributed by atoms with Gasteiger partial charge in [0, 0.05) is 24.6 Å². The largest absolute Gasteiger partial charge is 0.417 e. The van der Waals surface area contributed by atoms with Crippen molar-refractivity contribution in [3.8, 4) is 0 Å². The second-order valence-electron chi connectivity index (χ2n) is 7.44. The predicted octanol–water partition coefficient (Wildman–Crippen LogP) is 4.44. The summed E-state index contributed by atoms with van der Waals surface area (Å²) in [6.07, 6.45) is -3.72. The molecule has 1 unspecified atom stereocenters. The van der Waals surface area contributed by atoms with Gasteiger partial charge in [-0.3, -0.25) is 4.79 Å². The Morgan fingerprint density at radius 1 is 1.14 bits per heavy atom. The third-order valence-electron chi connectivity index (χ3n) is 5.33. The first-order valence-electron chi connectivity index (χ1n) is 9.15. The zero-order valence-corrected chi connectivity index (χ0v) is 15.5. The average Bonchev–Trinajstić information content (AvgIpc) is 2.69. The lowest BCUT2D eigenvalue weighted by atomic mass is 9.75. The van der Waals surface area contributed by atoms with Gasteiger partial charge in [0.05, 0.1) is 17.7 Å². The summed E-state index contributed by atoms with van der Waals surface area (Å²) in [7, 11) is 0. The number of aliphatic hydroxyl groups excluding tert-OH is 1. The van der Waals surface area contributed by atoms with Crippen molar-refractivity contribution in [1.82, 2.24) is 4.90 Å². The lowest BCUT2D eigenvalue weighted by molar-refractivity contribution is -0.138. The first kappa shape index (κ1) is 21.2. The number of benzene rings is 2. The fraction of sp³-hybridized carbons (Fsp3) is 0.381. The number of hydrogen-bond acceptors (Lipinski definition) is 2. The molecule has 0 bridgehead atoms. The number of hydrogen-bond donors (Lipinski definition) is 1. The third-order valence-corrected chi connectivity index (χ3v) is 5.33. The van der Waals surface area contributed by atoms with Crippen LogP contribution in [0.2, 0.25) is 0 Å². The van der Waals surface area contributed by atoms with Crippen molar-refractivity contribution in [2.24, 2.45) is 5.41 Å². The van der Waals surface area contributed by atoms with Crippen molar-refractivity contribution in [1.29, 1.82) is 0 Å². The van der Waals surface area contributed by atoms with E-state index in [4.69, 9.17) is 0 Å². The van der Waals surface area contributed by atoms with E-state index in [1.54, 1.807) is 0 Å². The third kappa shape index (κ3) is 4.58. The van der Waals surface area contributed by atoms with Crippen LogP contribution in [0.1, 0.15) is 34.3 Å². The first-order valence-corrected chi connectivity index (χ1v) is 9.15. The molecular formula is C21H20F5NO2. The summed E-state index contributed by atoms with van der Waals surface area (Å²) in [5.74, 6) is -2.27. The number of amides is 1. The van der Waals surface area contributed by atoms with E-state index >= 15 is 0 Å². The number of alkyl halides is 3. The topological polar surface area (TPSA) is 40.5 Å². The summed E-state index contributed by atoms with van der Waals surface area (Å²) in [6.45, 7) is -0.168. The van der Waals surface area contributed by atoms with Crippen LogP contribution in [0.4, 0.5) is 22.0 Å². The minimum Gasteiger partial charge on any atom is -0.396 e. The van der Waals surface area contributed by atoms with Crippen LogP contribution in [-0.4, -0.2) is 35.6 Å². The number of nitrogens with zero attached hydrogens (tertiary/aromatic N) is 1. The summed E-state index contributed by atoms with van der Waals surface area (Å²) in [5.41, 5.74) is -2.21. The molecule has 3 nitrogen and oxygen atoms in total. The summed E-state index contributed by atoms with van der Waals surface area (Å²) in [4.78, 5) is 14.1. The summed E-state index contributed by atoms with van der Waals surface area (Å²) < 4.78 is 67.1. The summed E-state index contributed by atoms with van der Waals surface area (Å²) in [5, 5.41) is 9.99. The molecule has 1 N–H and O–H groups in total. The van der Waals surface area contributed by atoms with Crippen molar-refractivity contribution >= 4 is 5.91 Å². The summed E-state index contributed by atoms with van der Waals surface area (Å²) >= 11 is 0. The van der Waals surface area contributed by atoms with E-state index in [0.29, 0.717) is 12.8 Å². The molecule has 1 fully saturated rings. The smallest absolute Gasteiger partial charge is 0.396 e. The van der Waals surface area contributed by atoms with E-state index < -0.39 is 40.3 Å². The lowest BCUT2D eigenvalue weighted by Crippen LogP contribution is -2.49. The molecule has 0 saturated carbocycles. The van der Waals surface area contributed by atoms with Crippen molar-refractivity contribution in [2.45, 2.75) is 25.4 Å². The SMILES string of the molecule is O=C(c1ccccc1C(F)(F)F)N1CCCC(CO)(Cc2ccc(F)cc2F)C1. The van der Waals surface area contributed by atoms with Crippen LogP contribution >= 0.6 is 0 Å². The Labute approximate surface area is 164 Å². The maximum atomic E-state index is 14.1. The van der Waals surface area contributed by atoms with E-state index in [-0.39, 0.29) is 31.7 Å². The molecule has 2 aromatic rings. The zero-order valence-electron chi connectivity index (χ0n) is 15.5. The molecular weight excluding hydrogens is 393 g/mol. The highest BCUT2D eigenvalue weighted by molar-refractivity contribution is 5.96. The van der Waals surface area contributed by atoms with Gasteiger partial charge >= 0.3 is 6.18 Å². The van der Waals surface area contributed by atoms with Crippen LogP contribution < -0.4 is 0 Å². The number of carbonyl (C=O) groups excluding carboxylic acids is 1. The summed E-state index contributed by atoms with van der Waals surface area (Å²) in [6, 6.07) is 7.68. The highest BCUT2D eigenvalue weighted by Gasteiger charge is 2.40. The average molecular weight is 413 g/mol. The van der Waals surface area contributed by atoms with E-state index in [1.165, 1.54) is 23.1 Å². The Bertz CT molecular complexity index is 899. The Balaban J connectivity index is 1.86. The van der Waals surface area contributed by atoms with Gasteiger partial charge in [0.2, 0.25) is 0 Å². The zero-order chi connectivity index (χ0) is 21.2. The monoisotopic (exact) mass is 413 g/mol. The molecule has 2 aromatic carbocycles. The van der Waals surface area contributed by atoms with Crippen LogP contribution in [0, 0.1) is 17.0 Å². The van der Waals surface area contributed by atoms with Crippen LogP contribution in [-0.2, 0) is 12.6 Å². The highest BCUT2D eigenvalue weighted by atomic mass is 19.4. The fourth-order valence-corrected chi connectivity index (χ4v) is 3.87. The van der Waals surface area contributed by atoms with Crippen molar-refractivity contribution < 1.29 is 31.9 Å². The van der Waals surface area contributed by atoms with Crippen LogP contribution in [0.3, 0.4) is 0 Å². The molecule has 0 aliphatic carbocycles. The van der Waals surface area contributed by atoms with Crippen molar-refractivity contribution in [3.05, 3.63) is 70.8 Å². The van der Waals surface area contributed by atoms with Gasteiger partial charge in [-0.15, -0.1) is 0 Å². The van der Waals surface area contributed by atoms with Gasteiger partial charge in [-0.2, -0.15) is 13.2 Å². The number of halogens is 5. The molecule has 3 rings (SSSR count).